The molecule has 0 rings (SSSR count). The van der Waals surface area contributed by atoms with Crippen LogP contribution in [0.3, 0.4) is 0 Å². The van der Waals surface area contributed by atoms with Crippen LogP contribution in [0.25, 0.3) is 0 Å². The molecule has 0 fully saturated rings. The summed E-state index contributed by atoms with van der Waals surface area (Å²) in [6.45, 7) is 1.66. The van der Waals surface area contributed by atoms with E-state index in [1.807, 2.05) is 0 Å². The number of carboxylic acid groups (broad SMARTS) is 3. The average molecular weight is 529 g/mol. The molecule has 2 amide bonds. The molecule has 0 saturated heterocycles. The molecule has 0 aliphatic heterocycles. The molecule has 0 unspecified atom stereocenters. The normalized spacial score (nSPS) is 12.4. The first-order chi connectivity index (χ1) is 17.6. The van der Waals surface area contributed by atoms with Gasteiger partial charge < -0.3 is 26.0 Å². The molecular formula is C26H44N2O9. The van der Waals surface area contributed by atoms with Crippen LogP contribution in [0.4, 0.5) is 0 Å². The molecule has 0 saturated carbocycles. The van der Waals surface area contributed by atoms with Crippen LogP contribution in [-0.4, -0.2) is 62.9 Å². The summed E-state index contributed by atoms with van der Waals surface area (Å²) in [4.78, 5) is 68.9. The number of carboxylic acids is 3. The van der Waals surface area contributed by atoms with Gasteiger partial charge in [-0.15, -0.1) is 0 Å². The first kappa shape index (κ1) is 34.0. The number of hydrogen-bond donors (Lipinski definition) is 5. The Hall–Kier alpha value is -2.98. The van der Waals surface area contributed by atoms with Gasteiger partial charge in [-0.1, -0.05) is 58.3 Å². The lowest BCUT2D eigenvalue weighted by molar-refractivity contribution is -0.143. The lowest BCUT2D eigenvalue weighted by Gasteiger charge is -2.17. The number of Topliss-reactive ketones (excluding diaryl/α,β-unsaturated/α-hetero) is 1. The quantitative estimate of drug-likeness (QED) is 0.117. The van der Waals surface area contributed by atoms with Crippen molar-refractivity contribution >= 4 is 35.5 Å². The van der Waals surface area contributed by atoms with Crippen molar-refractivity contribution in [1.82, 2.24) is 10.6 Å². The number of ketones is 1. The van der Waals surface area contributed by atoms with Crippen LogP contribution < -0.4 is 10.6 Å². The zero-order chi connectivity index (χ0) is 28.1. The van der Waals surface area contributed by atoms with E-state index in [0.29, 0.717) is 6.42 Å². The molecule has 11 heteroatoms. The maximum atomic E-state index is 12.1. The van der Waals surface area contributed by atoms with Crippen molar-refractivity contribution in [1.29, 1.82) is 0 Å². The number of rotatable bonds is 24. The lowest BCUT2D eigenvalue weighted by Crippen LogP contribution is -2.44. The van der Waals surface area contributed by atoms with Gasteiger partial charge in [-0.2, -0.15) is 0 Å². The second kappa shape index (κ2) is 21.1. The topological polar surface area (TPSA) is 187 Å². The largest absolute Gasteiger partial charge is 0.481 e. The summed E-state index contributed by atoms with van der Waals surface area (Å²) in [7, 11) is 0. The first-order valence-electron chi connectivity index (χ1n) is 13.3. The molecule has 5 N–H and O–H groups in total. The predicted octanol–water partition coefficient (Wildman–Crippen LogP) is 3.43. The average Bonchev–Trinajstić information content (AvgIpc) is 2.83. The van der Waals surface area contributed by atoms with Crippen LogP contribution in [-0.2, 0) is 28.8 Å². The molecule has 0 spiro atoms. The SMILES string of the molecule is CCC(=O)CC[C@H](NC(=O)CC[C@H](NC(=O)CCCCCCCCCCCCC(=O)O)C(=O)O)C(=O)O. The fourth-order valence-corrected chi connectivity index (χ4v) is 3.78. The standard InChI is InChI=1S/C26H44N2O9/c1-2-19(29)15-16-20(25(34)35)28-23(31)18-17-21(26(36)37)27-22(30)13-11-9-7-5-3-4-6-8-10-12-14-24(32)33/h20-21H,2-18H2,1H3,(H,27,30)(H,28,31)(H,32,33)(H,34,35)(H,36,37)/t20-,21-/m0/s1. The molecule has 0 aromatic carbocycles. The van der Waals surface area contributed by atoms with E-state index in [2.05, 4.69) is 10.6 Å². The van der Waals surface area contributed by atoms with Crippen LogP contribution in [0.1, 0.15) is 116 Å². The molecule has 0 aliphatic rings. The zero-order valence-electron chi connectivity index (χ0n) is 22.0. The Bertz CT molecular complexity index is 740. The van der Waals surface area contributed by atoms with Gasteiger partial charge in [0.1, 0.15) is 17.9 Å². The lowest BCUT2D eigenvalue weighted by atomic mass is 10.0. The highest BCUT2D eigenvalue weighted by Gasteiger charge is 2.24. The molecule has 2 atom stereocenters. The Morgan fingerprint density at radius 3 is 1.32 bits per heavy atom. The number of hydrogen-bond acceptors (Lipinski definition) is 6. The number of aliphatic carboxylic acids is 3. The summed E-state index contributed by atoms with van der Waals surface area (Å²) in [6, 6.07) is -2.48. The van der Waals surface area contributed by atoms with Crippen molar-refractivity contribution in [2.75, 3.05) is 0 Å². The third-order valence-electron chi connectivity index (χ3n) is 6.08. The van der Waals surface area contributed by atoms with Gasteiger partial charge in [0.25, 0.3) is 0 Å². The molecular weight excluding hydrogens is 484 g/mol. The van der Waals surface area contributed by atoms with Crippen molar-refractivity contribution in [3.8, 4) is 0 Å². The summed E-state index contributed by atoms with van der Waals surface area (Å²) in [5.41, 5.74) is 0. The number of carbonyl (C=O) groups is 6. The maximum absolute atomic E-state index is 12.1. The van der Waals surface area contributed by atoms with E-state index >= 15 is 0 Å². The van der Waals surface area contributed by atoms with E-state index in [9.17, 15) is 39.0 Å². The van der Waals surface area contributed by atoms with Gasteiger partial charge in [0, 0.05) is 32.1 Å². The third-order valence-corrected chi connectivity index (χ3v) is 6.08. The Morgan fingerprint density at radius 2 is 0.919 bits per heavy atom. The molecule has 0 bridgehead atoms. The molecule has 37 heavy (non-hydrogen) atoms. The molecule has 0 aromatic rings. The zero-order valence-corrected chi connectivity index (χ0v) is 22.0. The van der Waals surface area contributed by atoms with Crippen molar-refractivity contribution in [3.63, 3.8) is 0 Å². The smallest absolute Gasteiger partial charge is 0.326 e. The Kier molecular flexibility index (Phi) is 19.4. The van der Waals surface area contributed by atoms with E-state index in [1.165, 1.54) is 0 Å². The van der Waals surface area contributed by atoms with Crippen molar-refractivity contribution < 1.29 is 44.1 Å². The number of amides is 2. The fraction of sp³-hybridized carbons (Fsp3) is 0.769. The van der Waals surface area contributed by atoms with Crippen LogP contribution in [0.15, 0.2) is 0 Å². The second-order valence-electron chi connectivity index (χ2n) is 9.32. The predicted molar refractivity (Wildman–Crippen MR) is 136 cm³/mol. The van der Waals surface area contributed by atoms with Gasteiger partial charge in [-0.25, -0.2) is 9.59 Å². The molecule has 11 nitrogen and oxygen atoms in total. The molecule has 212 valence electrons. The third kappa shape index (κ3) is 19.8. The van der Waals surface area contributed by atoms with Crippen molar-refractivity contribution in [2.24, 2.45) is 0 Å². The number of unbranched alkanes of at least 4 members (excludes halogenated alkanes) is 9. The van der Waals surface area contributed by atoms with Gasteiger partial charge in [-0.05, 0) is 25.7 Å². The first-order valence-corrected chi connectivity index (χ1v) is 13.3. The minimum atomic E-state index is -1.27. The van der Waals surface area contributed by atoms with Crippen molar-refractivity contribution in [2.45, 2.75) is 128 Å². The van der Waals surface area contributed by atoms with Crippen LogP contribution in [0.5, 0.6) is 0 Å². The van der Waals surface area contributed by atoms with Crippen molar-refractivity contribution in [3.05, 3.63) is 0 Å². The fourth-order valence-electron chi connectivity index (χ4n) is 3.78. The molecule has 0 aromatic heterocycles. The van der Waals surface area contributed by atoms with E-state index < -0.39 is 41.8 Å². The summed E-state index contributed by atoms with van der Waals surface area (Å²) in [5.74, 6) is -4.47. The summed E-state index contributed by atoms with van der Waals surface area (Å²) in [5, 5.41) is 31.9. The summed E-state index contributed by atoms with van der Waals surface area (Å²) < 4.78 is 0. The number of nitrogens with one attached hydrogen (secondary N) is 2. The van der Waals surface area contributed by atoms with Gasteiger partial charge >= 0.3 is 17.9 Å². The monoisotopic (exact) mass is 528 g/mol. The molecule has 0 heterocycles. The van der Waals surface area contributed by atoms with E-state index in [4.69, 9.17) is 5.11 Å². The van der Waals surface area contributed by atoms with E-state index in [-0.39, 0.29) is 50.7 Å². The Labute approximate surface area is 218 Å². The Morgan fingerprint density at radius 1 is 0.541 bits per heavy atom. The Balaban J connectivity index is 4.08. The van der Waals surface area contributed by atoms with Gasteiger partial charge in [0.2, 0.25) is 11.8 Å². The highest BCUT2D eigenvalue weighted by atomic mass is 16.4. The minimum absolute atomic E-state index is 0.0255. The molecule has 0 radical (unpaired) electrons. The highest BCUT2D eigenvalue weighted by Crippen LogP contribution is 2.12. The van der Waals surface area contributed by atoms with Gasteiger partial charge in [-0.3, -0.25) is 19.2 Å². The summed E-state index contributed by atoms with van der Waals surface area (Å²) >= 11 is 0. The van der Waals surface area contributed by atoms with Gasteiger partial charge in [0.15, 0.2) is 0 Å². The minimum Gasteiger partial charge on any atom is -0.481 e. The maximum Gasteiger partial charge on any atom is 0.326 e. The van der Waals surface area contributed by atoms with Crippen LogP contribution in [0.2, 0.25) is 0 Å². The highest BCUT2D eigenvalue weighted by molar-refractivity contribution is 5.86. The van der Waals surface area contributed by atoms with Crippen LogP contribution in [0, 0.1) is 0 Å². The van der Waals surface area contributed by atoms with Gasteiger partial charge in [0.05, 0.1) is 0 Å². The van der Waals surface area contributed by atoms with E-state index in [0.717, 1.165) is 57.8 Å². The van der Waals surface area contributed by atoms with Crippen LogP contribution >= 0.6 is 0 Å². The van der Waals surface area contributed by atoms with E-state index in [1.54, 1.807) is 6.92 Å². The number of carbonyl (C=O) groups excluding carboxylic acids is 3. The summed E-state index contributed by atoms with van der Waals surface area (Å²) in [6.07, 6.45) is 9.71. The second-order valence-corrected chi connectivity index (χ2v) is 9.32. The molecule has 0 aliphatic carbocycles.